The van der Waals surface area contributed by atoms with Crippen molar-refractivity contribution in [2.45, 2.75) is 18.6 Å². The van der Waals surface area contributed by atoms with Crippen molar-refractivity contribution in [2.75, 3.05) is 11.6 Å². The first kappa shape index (κ1) is 16.5. The minimum absolute atomic E-state index is 0.123. The molecule has 0 fully saturated rings. The molecule has 0 aliphatic heterocycles. The molecule has 0 saturated heterocycles. The summed E-state index contributed by atoms with van der Waals surface area (Å²) in [4.78, 5) is 28.0. The lowest BCUT2D eigenvalue weighted by Gasteiger charge is -2.04. The minimum Gasteiger partial charge on any atom is -0.364 e. The van der Waals surface area contributed by atoms with E-state index < -0.39 is 5.91 Å². The standard InChI is InChI=1S/C15H17N3O2S2/c1-9(21-2)8-11-17-12(13(16)19)15(22-11)18-14(20)10-6-4-3-5-7-10/h3-7,9H,8H2,1-2H3,(H2,16,19)(H,18,20). The quantitative estimate of drug-likeness (QED) is 0.850. The van der Waals surface area contributed by atoms with Crippen LogP contribution in [0.15, 0.2) is 30.3 Å². The van der Waals surface area contributed by atoms with Crippen LogP contribution in [0.4, 0.5) is 5.00 Å². The molecule has 0 spiro atoms. The molecule has 1 heterocycles. The molecular weight excluding hydrogens is 318 g/mol. The fourth-order valence-electron chi connectivity index (χ4n) is 1.80. The van der Waals surface area contributed by atoms with Gasteiger partial charge in [0.15, 0.2) is 5.69 Å². The van der Waals surface area contributed by atoms with E-state index in [1.54, 1.807) is 36.0 Å². The van der Waals surface area contributed by atoms with Gasteiger partial charge >= 0.3 is 0 Å². The number of nitrogens with two attached hydrogens (primary N) is 1. The molecule has 1 aromatic heterocycles. The molecule has 0 saturated carbocycles. The number of rotatable bonds is 6. The molecule has 2 aromatic rings. The Morgan fingerprint density at radius 1 is 1.36 bits per heavy atom. The van der Waals surface area contributed by atoms with Gasteiger partial charge in [-0.15, -0.1) is 11.3 Å². The van der Waals surface area contributed by atoms with E-state index in [4.69, 9.17) is 5.73 Å². The van der Waals surface area contributed by atoms with E-state index in [9.17, 15) is 9.59 Å². The van der Waals surface area contributed by atoms with Gasteiger partial charge in [0.2, 0.25) is 0 Å². The monoisotopic (exact) mass is 335 g/mol. The predicted molar refractivity (Wildman–Crippen MR) is 91.7 cm³/mol. The van der Waals surface area contributed by atoms with Crippen molar-refractivity contribution in [3.05, 3.63) is 46.6 Å². The first-order valence-corrected chi connectivity index (χ1v) is 8.80. The van der Waals surface area contributed by atoms with Gasteiger partial charge in [-0.3, -0.25) is 9.59 Å². The number of thioether (sulfide) groups is 1. The van der Waals surface area contributed by atoms with Crippen molar-refractivity contribution < 1.29 is 9.59 Å². The van der Waals surface area contributed by atoms with Crippen molar-refractivity contribution in [1.29, 1.82) is 0 Å². The normalized spacial score (nSPS) is 11.9. The lowest BCUT2D eigenvalue weighted by Crippen LogP contribution is -2.17. The van der Waals surface area contributed by atoms with Crippen LogP contribution in [0.3, 0.4) is 0 Å². The largest absolute Gasteiger partial charge is 0.364 e. The van der Waals surface area contributed by atoms with Crippen LogP contribution >= 0.6 is 23.1 Å². The van der Waals surface area contributed by atoms with Crippen molar-refractivity contribution in [3.63, 3.8) is 0 Å². The van der Waals surface area contributed by atoms with E-state index in [0.29, 0.717) is 15.8 Å². The Kier molecular flexibility index (Phi) is 5.57. The lowest BCUT2D eigenvalue weighted by atomic mass is 10.2. The summed E-state index contributed by atoms with van der Waals surface area (Å²) in [6, 6.07) is 8.80. The molecule has 7 heteroatoms. The van der Waals surface area contributed by atoms with Gasteiger partial charge in [-0.25, -0.2) is 4.98 Å². The molecule has 22 heavy (non-hydrogen) atoms. The summed E-state index contributed by atoms with van der Waals surface area (Å²) in [7, 11) is 0. The van der Waals surface area contributed by atoms with Crippen molar-refractivity contribution >= 4 is 39.9 Å². The van der Waals surface area contributed by atoms with E-state index >= 15 is 0 Å². The Morgan fingerprint density at radius 3 is 2.64 bits per heavy atom. The van der Waals surface area contributed by atoms with Crippen LogP contribution in [-0.4, -0.2) is 28.3 Å². The zero-order valence-corrected chi connectivity index (χ0v) is 14.0. The summed E-state index contributed by atoms with van der Waals surface area (Å²) in [5.41, 5.74) is 6.00. The number of nitrogens with zero attached hydrogens (tertiary/aromatic N) is 1. The molecule has 2 amide bonds. The topological polar surface area (TPSA) is 85.1 Å². The highest BCUT2D eigenvalue weighted by Crippen LogP contribution is 2.27. The number of thiazole rings is 1. The second kappa shape index (κ2) is 7.42. The van der Waals surface area contributed by atoms with Crippen molar-refractivity contribution in [3.8, 4) is 0 Å². The van der Waals surface area contributed by atoms with E-state index in [-0.39, 0.29) is 11.6 Å². The molecule has 1 unspecified atom stereocenters. The number of benzene rings is 1. The molecule has 116 valence electrons. The maximum atomic E-state index is 12.2. The summed E-state index contributed by atoms with van der Waals surface area (Å²) in [6.45, 7) is 2.08. The highest BCUT2D eigenvalue weighted by atomic mass is 32.2. The number of carbonyl (C=O) groups excluding carboxylic acids is 2. The average molecular weight is 335 g/mol. The van der Waals surface area contributed by atoms with Gasteiger partial charge in [0.1, 0.15) is 5.00 Å². The Morgan fingerprint density at radius 2 is 2.05 bits per heavy atom. The molecular formula is C15H17N3O2S2. The van der Waals surface area contributed by atoms with Crippen LogP contribution in [0.25, 0.3) is 0 Å². The summed E-state index contributed by atoms with van der Waals surface area (Å²) < 4.78 is 0. The zero-order valence-electron chi connectivity index (χ0n) is 12.3. The number of aromatic nitrogens is 1. The summed E-state index contributed by atoms with van der Waals surface area (Å²) >= 11 is 3.01. The third kappa shape index (κ3) is 4.08. The minimum atomic E-state index is -0.636. The van der Waals surface area contributed by atoms with Gasteiger partial charge in [0.25, 0.3) is 11.8 Å². The number of nitrogens with one attached hydrogen (secondary N) is 1. The number of carbonyl (C=O) groups is 2. The average Bonchev–Trinajstić information content (AvgIpc) is 2.90. The molecule has 0 aliphatic carbocycles. The maximum absolute atomic E-state index is 12.2. The fraction of sp³-hybridized carbons (Fsp3) is 0.267. The van der Waals surface area contributed by atoms with Crippen molar-refractivity contribution in [1.82, 2.24) is 4.98 Å². The van der Waals surface area contributed by atoms with Gasteiger partial charge in [0, 0.05) is 17.2 Å². The number of anilines is 1. The van der Waals surface area contributed by atoms with Crippen LogP contribution < -0.4 is 11.1 Å². The highest BCUT2D eigenvalue weighted by molar-refractivity contribution is 7.99. The SMILES string of the molecule is CSC(C)Cc1nc(C(N)=O)c(NC(=O)c2ccccc2)s1. The highest BCUT2D eigenvalue weighted by Gasteiger charge is 2.19. The van der Waals surface area contributed by atoms with Gasteiger partial charge in [-0.2, -0.15) is 11.8 Å². The molecule has 0 radical (unpaired) electrons. The molecule has 3 N–H and O–H groups in total. The number of amides is 2. The van der Waals surface area contributed by atoms with Crippen LogP contribution in [0.1, 0.15) is 32.8 Å². The fourth-order valence-corrected chi connectivity index (χ4v) is 3.32. The van der Waals surface area contributed by atoms with Gasteiger partial charge in [-0.05, 0) is 18.4 Å². The molecule has 1 atom stereocenters. The first-order valence-electron chi connectivity index (χ1n) is 6.70. The van der Waals surface area contributed by atoms with Gasteiger partial charge < -0.3 is 11.1 Å². The maximum Gasteiger partial charge on any atom is 0.270 e. The Labute approximate surface area is 137 Å². The summed E-state index contributed by atoms with van der Waals surface area (Å²) in [6.07, 6.45) is 2.75. The molecule has 5 nitrogen and oxygen atoms in total. The predicted octanol–water partition coefficient (Wildman–Crippen LogP) is 2.79. The van der Waals surface area contributed by atoms with E-state index in [2.05, 4.69) is 17.2 Å². The molecule has 1 aromatic carbocycles. The van der Waals surface area contributed by atoms with Crippen LogP contribution in [-0.2, 0) is 6.42 Å². The second-order valence-electron chi connectivity index (χ2n) is 4.72. The Balaban J connectivity index is 2.22. The van der Waals surface area contributed by atoms with Crippen LogP contribution in [0.2, 0.25) is 0 Å². The lowest BCUT2D eigenvalue weighted by molar-refractivity contribution is 0.0997. The Hall–Kier alpha value is -1.86. The van der Waals surface area contributed by atoms with Crippen LogP contribution in [0, 0.1) is 0 Å². The Bertz CT molecular complexity index is 671. The zero-order chi connectivity index (χ0) is 16.1. The molecule has 2 rings (SSSR count). The van der Waals surface area contributed by atoms with Gasteiger partial charge in [-0.1, -0.05) is 25.1 Å². The first-order chi connectivity index (χ1) is 10.5. The van der Waals surface area contributed by atoms with Gasteiger partial charge in [0.05, 0.1) is 5.01 Å². The van der Waals surface area contributed by atoms with E-state index in [1.165, 1.54) is 11.3 Å². The smallest absolute Gasteiger partial charge is 0.270 e. The molecule has 0 aliphatic rings. The number of hydrogen-bond donors (Lipinski definition) is 2. The van der Waals surface area contributed by atoms with E-state index in [0.717, 1.165) is 11.4 Å². The number of hydrogen-bond acceptors (Lipinski definition) is 5. The molecule has 0 bridgehead atoms. The number of primary amides is 1. The van der Waals surface area contributed by atoms with Crippen LogP contribution in [0.5, 0.6) is 0 Å². The van der Waals surface area contributed by atoms with Crippen molar-refractivity contribution in [2.24, 2.45) is 5.73 Å². The third-order valence-electron chi connectivity index (χ3n) is 3.03. The summed E-state index contributed by atoms with van der Waals surface area (Å²) in [5.74, 6) is -0.918. The second-order valence-corrected chi connectivity index (χ2v) is 7.08. The summed E-state index contributed by atoms with van der Waals surface area (Å²) in [5, 5.41) is 4.31. The van der Waals surface area contributed by atoms with E-state index in [1.807, 2.05) is 12.3 Å². The third-order valence-corrected chi connectivity index (χ3v) is 5.00.